The number of alkyl halides is 3. The van der Waals surface area contributed by atoms with Crippen LogP contribution in [0, 0.1) is 11.2 Å². The Hall–Kier alpha value is -2.92. The first-order chi connectivity index (χ1) is 12.7. The van der Waals surface area contributed by atoms with Crippen molar-refractivity contribution in [3.63, 3.8) is 0 Å². The molecule has 7 nitrogen and oxygen atoms in total. The molecule has 0 spiro atoms. The van der Waals surface area contributed by atoms with Gasteiger partial charge in [-0.1, -0.05) is 11.6 Å². The van der Waals surface area contributed by atoms with Gasteiger partial charge in [0.2, 0.25) is 5.95 Å². The van der Waals surface area contributed by atoms with Gasteiger partial charge in [-0.3, -0.25) is 10.6 Å². The molecular formula is C15H11ClF4N6O. The molecule has 0 bridgehead atoms. The summed E-state index contributed by atoms with van der Waals surface area (Å²) in [5, 5.41) is 20.7. The fraction of sp³-hybridized carbons (Fsp3) is 0.133. The number of pyridine rings is 1. The zero-order valence-corrected chi connectivity index (χ0v) is 14.0. The van der Waals surface area contributed by atoms with Gasteiger partial charge < -0.3 is 10.3 Å². The maximum atomic E-state index is 13.3. The number of hydrogen-bond acceptors (Lipinski definition) is 5. The number of hydroxylamine groups is 1. The summed E-state index contributed by atoms with van der Waals surface area (Å²) in [6.45, 7) is -1.31. The molecular weight excluding hydrogens is 392 g/mol. The second-order valence-electron chi connectivity index (χ2n) is 5.37. The van der Waals surface area contributed by atoms with Gasteiger partial charge in [0, 0.05) is 11.8 Å². The molecule has 1 aromatic carbocycles. The summed E-state index contributed by atoms with van der Waals surface area (Å²) in [6.07, 6.45) is -3.16. The minimum absolute atomic E-state index is 0.0197. The summed E-state index contributed by atoms with van der Waals surface area (Å²) in [5.74, 6) is -1.33. The van der Waals surface area contributed by atoms with Crippen molar-refractivity contribution < 1.29 is 22.8 Å². The number of amidine groups is 1. The summed E-state index contributed by atoms with van der Waals surface area (Å²) >= 11 is 5.67. The topological polar surface area (TPSA) is 101 Å². The van der Waals surface area contributed by atoms with Gasteiger partial charge in [-0.25, -0.2) is 14.4 Å². The standard InChI is InChI=1S/C15H11ClF4N6O/c16-9-5-7(1-2-10(9)17)26(27)12(21)8-3-4-22-13-11(8)24-14(25-13)23-6-15(18,19)20/h1-5,21,27H,6H2,(H2,22,23,24,25). The lowest BCUT2D eigenvalue weighted by atomic mass is 10.2. The van der Waals surface area contributed by atoms with E-state index in [4.69, 9.17) is 17.0 Å². The summed E-state index contributed by atoms with van der Waals surface area (Å²) in [7, 11) is 0. The van der Waals surface area contributed by atoms with Crippen molar-refractivity contribution in [3.05, 3.63) is 46.9 Å². The monoisotopic (exact) mass is 402 g/mol. The molecule has 0 aliphatic rings. The molecule has 3 aromatic rings. The summed E-state index contributed by atoms with van der Waals surface area (Å²) in [4.78, 5) is 10.4. The molecule has 3 rings (SSSR count). The van der Waals surface area contributed by atoms with Crippen molar-refractivity contribution in [2.45, 2.75) is 6.18 Å². The third-order valence-corrected chi connectivity index (χ3v) is 3.75. The van der Waals surface area contributed by atoms with Crippen LogP contribution in [0.3, 0.4) is 0 Å². The third-order valence-electron chi connectivity index (χ3n) is 3.46. The summed E-state index contributed by atoms with van der Waals surface area (Å²) < 4.78 is 50.2. The average molecular weight is 403 g/mol. The predicted octanol–water partition coefficient (Wildman–Crippen LogP) is 3.95. The molecule has 142 valence electrons. The van der Waals surface area contributed by atoms with Crippen molar-refractivity contribution in [1.29, 1.82) is 5.41 Å². The fourth-order valence-corrected chi connectivity index (χ4v) is 2.41. The Morgan fingerprint density at radius 2 is 2.07 bits per heavy atom. The van der Waals surface area contributed by atoms with Gasteiger partial charge >= 0.3 is 6.18 Å². The van der Waals surface area contributed by atoms with Gasteiger partial charge in [-0.05, 0) is 24.3 Å². The number of rotatable bonds is 4. The van der Waals surface area contributed by atoms with Crippen molar-refractivity contribution in [2.24, 2.45) is 0 Å². The van der Waals surface area contributed by atoms with E-state index < -0.39 is 24.4 Å². The van der Waals surface area contributed by atoms with Crippen molar-refractivity contribution in [3.8, 4) is 0 Å². The number of halogens is 5. The Labute approximate surface area is 154 Å². The Bertz CT molecular complexity index is 1010. The van der Waals surface area contributed by atoms with Gasteiger partial charge in [0.05, 0.1) is 16.2 Å². The lowest BCUT2D eigenvalue weighted by molar-refractivity contribution is -0.115. The van der Waals surface area contributed by atoms with E-state index in [1.807, 2.05) is 0 Å². The van der Waals surface area contributed by atoms with E-state index in [1.54, 1.807) is 0 Å². The molecule has 2 aromatic heterocycles. The Morgan fingerprint density at radius 1 is 1.33 bits per heavy atom. The lowest BCUT2D eigenvalue weighted by Gasteiger charge is -2.18. The molecule has 0 radical (unpaired) electrons. The number of anilines is 2. The van der Waals surface area contributed by atoms with Crippen molar-refractivity contribution in [1.82, 2.24) is 15.0 Å². The zero-order valence-electron chi connectivity index (χ0n) is 13.3. The van der Waals surface area contributed by atoms with Gasteiger partial charge in [-0.2, -0.15) is 18.2 Å². The number of nitrogens with one attached hydrogen (secondary N) is 3. The Kier molecular flexibility index (Phi) is 4.89. The van der Waals surface area contributed by atoms with Crippen LogP contribution in [0.2, 0.25) is 5.02 Å². The van der Waals surface area contributed by atoms with Gasteiger partial charge in [-0.15, -0.1) is 0 Å². The van der Waals surface area contributed by atoms with E-state index in [2.05, 4.69) is 20.3 Å². The smallest absolute Gasteiger partial charge is 0.347 e. The molecule has 0 aliphatic carbocycles. The molecule has 4 N–H and O–H groups in total. The van der Waals surface area contributed by atoms with Crippen LogP contribution in [0.5, 0.6) is 0 Å². The van der Waals surface area contributed by atoms with Gasteiger partial charge in [0.1, 0.15) is 12.4 Å². The molecule has 0 saturated heterocycles. The van der Waals surface area contributed by atoms with E-state index in [1.165, 1.54) is 18.3 Å². The number of benzene rings is 1. The molecule has 0 unspecified atom stereocenters. The number of H-pyrrole nitrogens is 1. The molecule has 27 heavy (non-hydrogen) atoms. The van der Waals surface area contributed by atoms with Crippen molar-refractivity contribution >= 4 is 40.2 Å². The molecule has 0 saturated carbocycles. The number of fused-ring (bicyclic) bond motifs is 1. The van der Waals surface area contributed by atoms with Crippen LogP contribution < -0.4 is 10.4 Å². The first-order valence-corrected chi connectivity index (χ1v) is 7.72. The number of imidazole rings is 1. The minimum Gasteiger partial charge on any atom is -0.347 e. The lowest BCUT2D eigenvalue weighted by Crippen LogP contribution is -2.27. The maximum absolute atomic E-state index is 13.3. The van der Waals surface area contributed by atoms with Crippen LogP contribution in [0.25, 0.3) is 11.2 Å². The van der Waals surface area contributed by atoms with Crippen LogP contribution in [0.15, 0.2) is 30.5 Å². The third kappa shape index (κ3) is 4.09. The second kappa shape index (κ2) is 7.00. The van der Waals surface area contributed by atoms with Crippen LogP contribution >= 0.6 is 11.6 Å². The Morgan fingerprint density at radius 3 is 2.74 bits per heavy atom. The molecule has 2 heterocycles. The number of aromatic amines is 1. The average Bonchev–Trinajstić information content (AvgIpc) is 3.03. The van der Waals surface area contributed by atoms with E-state index in [9.17, 15) is 22.8 Å². The summed E-state index contributed by atoms with van der Waals surface area (Å²) in [5.41, 5.74) is 0.314. The molecule has 0 atom stereocenters. The molecule has 12 heteroatoms. The largest absolute Gasteiger partial charge is 0.405 e. The predicted molar refractivity (Wildman–Crippen MR) is 90.9 cm³/mol. The van der Waals surface area contributed by atoms with Crippen LogP contribution in [0.1, 0.15) is 5.56 Å². The number of hydrogen-bond donors (Lipinski definition) is 4. The van der Waals surface area contributed by atoms with E-state index in [0.29, 0.717) is 5.06 Å². The normalized spacial score (nSPS) is 11.6. The number of aromatic nitrogens is 3. The highest BCUT2D eigenvalue weighted by Gasteiger charge is 2.27. The summed E-state index contributed by atoms with van der Waals surface area (Å²) in [6, 6.07) is 4.71. The first kappa shape index (κ1) is 18.9. The molecule has 0 aliphatic heterocycles. The first-order valence-electron chi connectivity index (χ1n) is 7.34. The van der Waals surface area contributed by atoms with Crippen molar-refractivity contribution in [2.75, 3.05) is 16.9 Å². The fourth-order valence-electron chi connectivity index (χ4n) is 2.24. The van der Waals surface area contributed by atoms with Crippen LogP contribution in [-0.2, 0) is 0 Å². The van der Waals surface area contributed by atoms with Crippen LogP contribution in [0.4, 0.5) is 29.2 Å². The Balaban J connectivity index is 1.92. The zero-order chi connectivity index (χ0) is 19.8. The molecule has 0 fully saturated rings. The van der Waals surface area contributed by atoms with Crippen LogP contribution in [-0.4, -0.2) is 38.7 Å². The highest BCUT2D eigenvalue weighted by atomic mass is 35.5. The van der Waals surface area contributed by atoms with Gasteiger partial charge in [0.25, 0.3) is 0 Å². The van der Waals surface area contributed by atoms with E-state index >= 15 is 0 Å². The SMILES string of the molecule is N=C(c1ccnc2nc(NCC(F)(F)F)[nH]c12)N(O)c1ccc(F)c(Cl)c1. The minimum atomic E-state index is -4.44. The van der Waals surface area contributed by atoms with Gasteiger partial charge in [0.15, 0.2) is 11.5 Å². The maximum Gasteiger partial charge on any atom is 0.405 e. The van der Waals surface area contributed by atoms with E-state index in [0.717, 1.165) is 12.1 Å². The molecule has 0 amide bonds. The quantitative estimate of drug-likeness (QED) is 0.229. The van der Waals surface area contributed by atoms with E-state index in [-0.39, 0.29) is 33.4 Å². The highest BCUT2D eigenvalue weighted by Crippen LogP contribution is 2.25. The highest BCUT2D eigenvalue weighted by molar-refractivity contribution is 6.31. The number of nitrogens with zero attached hydrogens (tertiary/aromatic N) is 3. The second-order valence-corrected chi connectivity index (χ2v) is 5.78.